The van der Waals surface area contributed by atoms with Crippen molar-refractivity contribution in [2.75, 3.05) is 18.3 Å². The lowest BCUT2D eigenvalue weighted by atomic mass is 10.1. The molecule has 10 rings (SSSR count). The topological polar surface area (TPSA) is 13.0 Å². The lowest BCUT2D eigenvalue weighted by Crippen LogP contribution is -2.76. The van der Waals surface area contributed by atoms with Crippen molar-refractivity contribution in [1.82, 2.24) is 0 Å². The molecule has 0 amide bonds. The standard InChI is InChI=1S/C44H32N4Si/c1-5-21-37(22-6-1)45-41-29-33-17-13-14-18-34(33)30-42(41)46(38-23-7-2-8-24-38)49(45)47(39-25-9-3-10-26-39)43-31-35-19-15-16-20-36(35)32-44(43)48(49)40-27-11-4-12-28-40/h1-32H. The van der Waals surface area contributed by atoms with Crippen LogP contribution < -0.4 is 18.3 Å². The number of anilines is 8. The smallest absolute Gasteiger partial charge is 0.314 e. The first-order valence-electron chi connectivity index (χ1n) is 16.8. The Kier molecular flexibility index (Phi) is 6.16. The molecule has 0 aromatic heterocycles. The van der Waals surface area contributed by atoms with Crippen molar-refractivity contribution in [2.45, 2.75) is 0 Å². The zero-order valence-electron chi connectivity index (χ0n) is 26.8. The first kappa shape index (κ1) is 27.8. The number of fused-ring (bicyclic) bond motifs is 4. The third-order valence-corrected chi connectivity index (χ3v) is 14.3. The molecule has 2 aliphatic heterocycles. The molecule has 4 nitrogen and oxygen atoms in total. The maximum atomic E-state index is 2.69. The quantitative estimate of drug-likeness (QED) is 0.177. The molecule has 0 atom stereocenters. The highest BCUT2D eigenvalue weighted by Crippen LogP contribution is 2.62. The van der Waals surface area contributed by atoms with Crippen LogP contribution in [0.4, 0.5) is 45.5 Å². The summed E-state index contributed by atoms with van der Waals surface area (Å²) in [7, 11) is -3.42. The summed E-state index contributed by atoms with van der Waals surface area (Å²) in [5.41, 5.74) is 9.40. The van der Waals surface area contributed by atoms with E-state index in [4.69, 9.17) is 0 Å². The number of hydrogen-bond donors (Lipinski definition) is 0. The number of hydrogen-bond acceptors (Lipinski definition) is 4. The molecule has 1 spiro atoms. The maximum Gasteiger partial charge on any atom is 0.521 e. The van der Waals surface area contributed by atoms with Gasteiger partial charge >= 0.3 is 8.72 Å². The largest absolute Gasteiger partial charge is 0.521 e. The molecule has 8 aromatic carbocycles. The van der Waals surface area contributed by atoms with Gasteiger partial charge in [-0.3, -0.25) is 0 Å². The highest BCUT2D eigenvalue weighted by Gasteiger charge is 2.69. The van der Waals surface area contributed by atoms with E-state index in [1.807, 2.05) is 0 Å². The van der Waals surface area contributed by atoms with E-state index in [0.717, 1.165) is 22.7 Å². The first-order chi connectivity index (χ1) is 24.3. The van der Waals surface area contributed by atoms with Crippen LogP contribution in [0.5, 0.6) is 0 Å². The van der Waals surface area contributed by atoms with Crippen LogP contribution in [0.15, 0.2) is 194 Å². The summed E-state index contributed by atoms with van der Waals surface area (Å²) in [5.74, 6) is 0. The molecule has 0 fully saturated rings. The van der Waals surface area contributed by atoms with E-state index in [9.17, 15) is 0 Å². The predicted octanol–water partition coefficient (Wildman–Crippen LogP) is 11.7. The van der Waals surface area contributed by atoms with Gasteiger partial charge in [0, 0.05) is 22.7 Å². The van der Waals surface area contributed by atoms with Crippen LogP contribution in [0.3, 0.4) is 0 Å². The molecule has 0 unspecified atom stereocenters. The second kappa shape index (κ2) is 10.9. The van der Waals surface area contributed by atoms with Gasteiger partial charge in [-0.25, -0.2) is 0 Å². The zero-order chi connectivity index (χ0) is 32.4. The van der Waals surface area contributed by atoms with Crippen LogP contribution in [0, 0.1) is 0 Å². The highest BCUT2D eigenvalue weighted by molar-refractivity contribution is 6.99. The van der Waals surface area contributed by atoms with E-state index in [1.54, 1.807) is 0 Å². The van der Waals surface area contributed by atoms with Crippen molar-refractivity contribution < 1.29 is 0 Å². The van der Waals surface area contributed by atoms with Gasteiger partial charge in [-0.2, -0.15) is 0 Å². The molecule has 8 aromatic rings. The summed E-state index contributed by atoms with van der Waals surface area (Å²) in [4.78, 5) is 0. The van der Waals surface area contributed by atoms with Gasteiger partial charge in [0.05, 0.1) is 22.7 Å². The Morgan fingerprint density at radius 2 is 0.449 bits per heavy atom. The van der Waals surface area contributed by atoms with Crippen LogP contribution in [0.25, 0.3) is 21.5 Å². The lowest BCUT2D eigenvalue weighted by molar-refractivity contribution is 1.18. The molecule has 0 radical (unpaired) electrons. The monoisotopic (exact) mass is 644 g/mol. The Balaban J connectivity index is 1.43. The van der Waals surface area contributed by atoms with Crippen molar-refractivity contribution in [1.29, 1.82) is 0 Å². The lowest BCUT2D eigenvalue weighted by Gasteiger charge is -2.49. The van der Waals surface area contributed by atoms with E-state index < -0.39 is 8.72 Å². The van der Waals surface area contributed by atoms with Crippen LogP contribution in [0.1, 0.15) is 0 Å². The van der Waals surface area contributed by atoms with Gasteiger partial charge in [0.15, 0.2) is 0 Å². The minimum atomic E-state index is -3.42. The summed E-state index contributed by atoms with van der Waals surface area (Å²) in [6.07, 6.45) is 0. The van der Waals surface area contributed by atoms with Gasteiger partial charge in [0.1, 0.15) is 0 Å². The molecule has 232 valence electrons. The van der Waals surface area contributed by atoms with E-state index in [1.165, 1.54) is 44.3 Å². The number of para-hydroxylation sites is 4. The molecular weight excluding hydrogens is 613 g/mol. The van der Waals surface area contributed by atoms with Crippen molar-refractivity contribution in [3.05, 3.63) is 194 Å². The third kappa shape index (κ3) is 4.03. The Morgan fingerprint density at radius 3 is 0.673 bits per heavy atom. The summed E-state index contributed by atoms with van der Waals surface area (Å²) in [6, 6.07) is 71.1. The van der Waals surface area contributed by atoms with Crippen molar-refractivity contribution in [3.8, 4) is 0 Å². The van der Waals surface area contributed by atoms with Crippen LogP contribution in [-0.2, 0) is 0 Å². The van der Waals surface area contributed by atoms with Crippen LogP contribution in [0.2, 0.25) is 0 Å². The summed E-state index contributed by atoms with van der Waals surface area (Å²) >= 11 is 0. The average Bonchev–Trinajstić information content (AvgIpc) is 3.61. The van der Waals surface area contributed by atoms with Crippen molar-refractivity contribution in [2.24, 2.45) is 0 Å². The Bertz CT molecular complexity index is 2120. The molecule has 0 saturated carbocycles. The van der Waals surface area contributed by atoms with Gasteiger partial charge < -0.3 is 18.3 Å². The molecule has 0 saturated heterocycles. The first-order valence-corrected chi connectivity index (χ1v) is 18.6. The van der Waals surface area contributed by atoms with Crippen molar-refractivity contribution in [3.63, 3.8) is 0 Å². The van der Waals surface area contributed by atoms with Gasteiger partial charge in [-0.1, -0.05) is 121 Å². The molecule has 2 aliphatic rings. The van der Waals surface area contributed by atoms with E-state index >= 15 is 0 Å². The fraction of sp³-hybridized carbons (Fsp3) is 0. The number of rotatable bonds is 4. The SMILES string of the molecule is c1ccc(N2c3cc4ccccc4cc3N(c3ccccc3)[Si]23N(c2ccccc2)c2cc4ccccc4cc2N3c2ccccc2)cc1. The summed E-state index contributed by atoms with van der Waals surface area (Å²) in [5, 5.41) is 4.89. The fourth-order valence-electron chi connectivity index (χ4n) is 7.95. The minimum absolute atomic E-state index is 1.16. The van der Waals surface area contributed by atoms with E-state index in [-0.39, 0.29) is 0 Å². The van der Waals surface area contributed by atoms with E-state index in [0.29, 0.717) is 0 Å². The van der Waals surface area contributed by atoms with Crippen LogP contribution >= 0.6 is 0 Å². The summed E-state index contributed by atoms with van der Waals surface area (Å²) in [6.45, 7) is 0. The average molecular weight is 645 g/mol. The second-order valence-corrected chi connectivity index (χ2v) is 15.6. The minimum Gasteiger partial charge on any atom is -0.314 e. The normalized spacial score (nSPS) is 14.5. The number of nitrogens with zero attached hydrogens (tertiary/aromatic N) is 4. The molecular formula is C44H32N4Si. The molecule has 5 heteroatoms. The van der Waals surface area contributed by atoms with Crippen LogP contribution in [-0.4, -0.2) is 8.72 Å². The maximum absolute atomic E-state index is 3.42. The molecule has 49 heavy (non-hydrogen) atoms. The Labute approximate surface area is 287 Å². The van der Waals surface area contributed by atoms with Gasteiger partial charge in [-0.15, -0.1) is 0 Å². The Morgan fingerprint density at radius 1 is 0.245 bits per heavy atom. The summed E-state index contributed by atoms with van der Waals surface area (Å²) < 4.78 is 10.7. The highest BCUT2D eigenvalue weighted by atomic mass is 28.4. The molecule has 0 N–H and O–H groups in total. The fourth-order valence-corrected chi connectivity index (χ4v) is 13.1. The van der Waals surface area contributed by atoms with Gasteiger partial charge in [0.25, 0.3) is 0 Å². The predicted molar refractivity (Wildman–Crippen MR) is 208 cm³/mol. The van der Waals surface area contributed by atoms with Gasteiger partial charge in [0.2, 0.25) is 0 Å². The molecule has 2 heterocycles. The Hall–Kier alpha value is -6.30. The zero-order valence-corrected chi connectivity index (χ0v) is 27.8. The van der Waals surface area contributed by atoms with Crippen molar-refractivity contribution >= 4 is 75.8 Å². The second-order valence-electron chi connectivity index (χ2n) is 12.7. The third-order valence-electron chi connectivity index (χ3n) is 9.91. The van der Waals surface area contributed by atoms with Gasteiger partial charge in [-0.05, 0) is 94.3 Å². The molecule has 0 aliphatic carbocycles. The number of benzene rings is 8. The molecule has 0 bridgehead atoms. The van der Waals surface area contributed by atoms with E-state index in [2.05, 4.69) is 212 Å².